The molecule has 4 aliphatic carbocycles. The molecule has 1 aromatic carbocycles. The van der Waals surface area contributed by atoms with Crippen molar-refractivity contribution in [1.82, 2.24) is 9.13 Å². The Morgan fingerprint density at radius 2 is 0.727 bits per heavy atom. The van der Waals surface area contributed by atoms with Gasteiger partial charge in [0.1, 0.15) is 28.1 Å². The lowest BCUT2D eigenvalue weighted by molar-refractivity contribution is 0.320. The van der Waals surface area contributed by atoms with E-state index in [0.29, 0.717) is 24.2 Å². The van der Waals surface area contributed by atoms with Gasteiger partial charge in [0.05, 0.1) is 12.1 Å². The molecule has 0 heterocycles. The number of nitrogens with zero attached hydrogens (tertiary/aromatic N) is 4. The van der Waals surface area contributed by atoms with Crippen molar-refractivity contribution >= 4 is 28.1 Å². The van der Waals surface area contributed by atoms with Gasteiger partial charge in [-0.2, -0.15) is 0 Å². The molecule has 0 aliphatic heterocycles. The second kappa shape index (κ2) is 15.5. The summed E-state index contributed by atoms with van der Waals surface area (Å²) in [7, 11) is -3.32. The Labute approximate surface area is 273 Å². The largest absolute Gasteiger partial charge is 0.381 e. The Balaban J connectivity index is 1.55. The molecular formula is C38H66N4Si2. The van der Waals surface area contributed by atoms with Crippen LogP contribution < -0.4 is 0 Å². The third-order valence-corrected chi connectivity index (χ3v) is 15.0. The first kappa shape index (κ1) is 33.9. The Morgan fingerprint density at radius 1 is 0.455 bits per heavy atom. The van der Waals surface area contributed by atoms with Crippen molar-refractivity contribution in [2.75, 3.05) is 0 Å². The Kier molecular flexibility index (Phi) is 11.9. The molecule has 246 valence electrons. The second-order valence-electron chi connectivity index (χ2n) is 16.7. The van der Waals surface area contributed by atoms with E-state index < -0.39 is 16.5 Å². The number of hydrogen-bond donors (Lipinski definition) is 0. The number of aliphatic imine (C=N–C) groups is 2. The molecular weight excluding hydrogens is 569 g/mol. The molecule has 1 aromatic rings. The van der Waals surface area contributed by atoms with E-state index in [2.05, 4.69) is 72.7 Å². The fourth-order valence-corrected chi connectivity index (χ4v) is 13.2. The highest BCUT2D eigenvalue weighted by molar-refractivity contribution is 6.76. The van der Waals surface area contributed by atoms with Gasteiger partial charge in [-0.1, -0.05) is 141 Å². The normalized spacial score (nSPS) is 23.1. The lowest BCUT2D eigenvalue weighted by Crippen LogP contribution is -2.56. The standard InChI is InChI=1S/C38H66N4Si2/c1-43(2,3)41(35-23-15-9-16-24-35)37(39-33-19-11-7-12-20-33)31-27-29-32(30-28-31)38(40-34-21-13-8-14-22-34)42(44(4,5)6)36-25-17-10-18-26-36/h27-30,33-36H,7-26H2,1-6H3. The average molecular weight is 635 g/mol. The van der Waals surface area contributed by atoms with Gasteiger partial charge in [0.25, 0.3) is 0 Å². The van der Waals surface area contributed by atoms with Crippen molar-refractivity contribution < 1.29 is 0 Å². The third-order valence-electron chi connectivity index (χ3n) is 10.9. The van der Waals surface area contributed by atoms with E-state index in [1.807, 2.05) is 0 Å². The van der Waals surface area contributed by atoms with E-state index >= 15 is 0 Å². The topological polar surface area (TPSA) is 31.2 Å². The summed E-state index contributed by atoms with van der Waals surface area (Å²) in [4.78, 5) is 11.4. The van der Waals surface area contributed by atoms with Gasteiger partial charge in [-0.25, -0.2) is 0 Å². The van der Waals surface area contributed by atoms with E-state index in [1.54, 1.807) is 0 Å². The van der Waals surface area contributed by atoms with Gasteiger partial charge in [0.2, 0.25) is 0 Å². The van der Waals surface area contributed by atoms with Gasteiger partial charge in [-0.3, -0.25) is 9.98 Å². The van der Waals surface area contributed by atoms with Crippen LogP contribution in [0, 0.1) is 0 Å². The van der Waals surface area contributed by atoms with Gasteiger partial charge in [-0.15, -0.1) is 0 Å². The summed E-state index contributed by atoms with van der Waals surface area (Å²) in [6.07, 6.45) is 26.8. The highest BCUT2D eigenvalue weighted by Crippen LogP contribution is 2.33. The van der Waals surface area contributed by atoms with Crippen molar-refractivity contribution in [3.05, 3.63) is 35.4 Å². The molecule has 0 atom stereocenters. The minimum Gasteiger partial charge on any atom is -0.381 e. The Bertz CT molecular complexity index is 988. The van der Waals surface area contributed by atoms with Crippen LogP contribution in [0.3, 0.4) is 0 Å². The molecule has 4 nitrogen and oxygen atoms in total. The first-order valence-corrected chi connectivity index (χ1v) is 25.9. The highest BCUT2D eigenvalue weighted by atomic mass is 28.3. The number of hydrogen-bond acceptors (Lipinski definition) is 2. The minimum atomic E-state index is -1.66. The van der Waals surface area contributed by atoms with E-state index in [1.165, 1.54) is 151 Å². The summed E-state index contributed by atoms with van der Waals surface area (Å²) in [5, 5.41) is 0. The van der Waals surface area contributed by atoms with Crippen LogP contribution in [-0.4, -0.2) is 61.4 Å². The Morgan fingerprint density at radius 3 is 1.00 bits per heavy atom. The molecule has 4 fully saturated rings. The predicted octanol–water partition coefficient (Wildman–Crippen LogP) is 10.8. The monoisotopic (exact) mass is 634 g/mol. The van der Waals surface area contributed by atoms with Gasteiger partial charge >= 0.3 is 0 Å². The van der Waals surface area contributed by atoms with Crippen molar-refractivity contribution in [2.24, 2.45) is 9.98 Å². The summed E-state index contributed by atoms with van der Waals surface area (Å²) in [6, 6.07) is 12.1. The summed E-state index contributed by atoms with van der Waals surface area (Å²) in [6.45, 7) is 15.3. The summed E-state index contributed by atoms with van der Waals surface area (Å²) >= 11 is 0. The van der Waals surface area contributed by atoms with Crippen LogP contribution in [0.15, 0.2) is 34.3 Å². The van der Waals surface area contributed by atoms with E-state index in [-0.39, 0.29) is 0 Å². The average Bonchev–Trinajstić information content (AvgIpc) is 3.01. The van der Waals surface area contributed by atoms with Crippen LogP contribution in [0.25, 0.3) is 0 Å². The zero-order valence-electron chi connectivity index (χ0n) is 29.5. The lowest BCUT2D eigenvalue weighted by atomic mass is 9.94. The van der Waals surface area contributed by atoms with Gasteiger partial charge < -0.3 is 9.13 Å². The van der Waals surface area contributed by atoms with Crippen LogP contribution >= 0.6 is 0 Å². The molecule has 6 heteroatoms. The van der Waals surface area contributed by atoms with Gasteiger partial charge in [0.15, 0.2) is 0 Å². The smallest absolute Gasteiger partial charge is 0.149 e. The van der Waals surface area contributed by atoms with Gasteiger partial charge in [-0.05, 0) is 51.4 Å². The molecule has 0 amide bonds. The Hall–Kier alpha value is -1.41. The number of amidine groups is 2. The summed E-state index contributed by atoms with van der Waals surface area (Å²) in [5.74, 6) is 2.66. The zero-order chi connectivity index (χ0) is 31.2. The van der Waals surface area contributed by atoms with Crippen LogP contribution in [0.4, 0.5) is 0 Å². The molecule has 0 N–H and O–H groups in total. The maximum atomic E-state index is 5.71. The van der Waals surface area contributed by atoms with Crippen molar-refractivity contribution in [2.45, 2.75) is 192 Å². The van der Waals surface area contributed by atoms with E-state index in [4.69, 9.17) is 9.98 Å². The highest BCUT2D eigenvalue weighted by Gasteiger charge is 2.37. The fourth-order valence-electron chi connectivity index (χ4n) is 8.84. The quantitative estimate of drug-likeness (QED) is 0.162. The third kappa shape index (κ3) is 8.89. The zero-order valence-corrected chi connectivity index (χ0v) is 31.5. The summed E-state index contributed by atoms with van der Waals surface area (Å²) < 4.78 is 5.78. The van der Waals surface area contributed by atoms with Crippen molar-refractivity contribution in [1.29, 1.82) is 0 Å². The predicted molar refractivity (Wildman–Crippen MR) is 197 cm³/mol. The fraction of sp³-hybridized carbons (Fsp3) is 0.789. The maximum absolute atomic E-state index is 5.71. The molecule has 4 saturated carbocycles. The molecule has 0 aromatic heterocycles. The van der Waals surface area contributed by atoms with Crippen LogP contribution in [0.1, 0.15) is 140 Å². The molecule has 0 saturated heterocycles. The second-order valence-corrected chi connectivity index (χ2v) is 26.4. The molecule has 0 bridgehead atoms. The van der Waals surface area contributed by atoms with E-state index in [0.717, 1.165) is 0 Å². The van der Waals surface area contributed by atoms with Crippen molar-refractivity contribution in [3.63, 3.8) is 0 Å². The van der Waals surface area contributed by atoms with Crippen LogP contribution in [-0.2, 0) is 0 Å². The first-order chi connectivity index (χ1) is 21.1. The molecule has 0 radical (unpaired) electrons. The number of rotatable bonds is 8. The molecule has 44 heavy (non-hydrogen) atoms. The van der Waals surface area contributed by atoms with Crippen LogP contribution in [0.5, 0.6) is 0 Å². The molecule has 0 spiro atoms. The van der Waals surface area contributed by atoms with Gasteiger partial charge in [0, 0.05) is 23.2 Å². The van der Waals surface area contributed by atoms with Crippen molar-refractivity contribution in [3.8, 4) is 0 Å². The lowest BCUT2D eigenvalue weighted by Gasteiger charge is -2.46. The SMILES string of the molecule is C[Si](C)(C)N(C(=NC1CCCCC1)c1ccc(C(=NC2CCCCC2)N(C2CCCCC2)[Si](C)(C)C)cc1)C1CCCCC1. The molecule has 0 unspecified atom stereocenters. The molecule has 5 rings (SSSR count). The minimum absolute atomic E-state index is 0.484. The van der Waals surface area contributed by atoms with E-state index in [9.17, 15) is 0 Å². The molecule has 4 aliphatic rings. The first-order valence-electron chi connectivity index (χ1n) is 19.0. The maximum Gasteiger partial charge on any atom is 0.149 e. The van der Waals surface area contributed by atoms with Crippen LogP contribution in [0.2, 0.25) is 39.3 Å². The summed E-state index contributed by atoms with van der Waals surface area (Å²) in [5.41, 5.74) is 2.70. The number of benzene rings is 1.